The molecular formula is C13H21N3O. The van der Waals surface area contributed by atoms with Gasteiger partial charge >= 0.3 is 0 Å². The van der Waals surface area contributed by atoms with Crippen LogP contribution in [0.2, 0.25) is 0 Å². The summed E-state index contributed by atoms with van der Waals surface area (Å²) in [7, 11) is 0. The van der Waals surface area contributed by atoms with Gasteiger partial charge in [0.2, 0.25) is 0 Å². The highest BCUT2D eigenvalue weighted by Crippen LogP contribution is 2.27. The van der Waals surface area contributed by atoms with Gasteiger partial charge in [0, 0.05) is 36.6 Å². The van der Waals surface area contributed by atoms with Gasteiger partial charge in [-0.2, -0.15) is 0 Å². The molecule has 2 heterocycles. The largest absolute Gasteiger partial charge is 0.398 e. The second kappa shape index (κ2) is 4.53. The van der Waals surface area contributed by atoms with Crippen LogP contribution in [0, 0.1) is 0 Å². The SMILES string of the molecule is CC1(C)CCCN1CCn1cc(N)ccc1=O. The number of aromatic nitrogens is 1. The molecule has 17 heavy (non-hydrogen) atoms. The first-order valence-corrected chi connectivity index (χ1v) is 6.20. The minimum Gasteiger partial charge on any atom is -0.398 e. The minimum atomic E-state index is 0.0243. The fourth-order valence-electron chi connectivity index (χ4n) is 2.53. The van der Waals surface area contributed by atoms with Crippen molar-refractivity contribution in [2.24, 2.45) is 0 Å². The Hall–Kier alpha value is -1.29. The molecule has 0 bridgehead atoms. The average Bonchev–Trinajstić information content (AvgIpc) is 2.59. The molecule has 4 heteroatoms. The highest BCUT2D eigenvalue weighted by atomic mass is 16.1. The van der Waals surface area contributed by atoms with Crippen LogP contribution in [0.3, 0.4) is 0 Å². The lowest BCUT2D eigenvalue weighted by atomic mass is 10.0. The van der Waals surface area contributed by atoms with E-state index in [-0.39, 0.29) is 11.1 Å². The number of hydrogen-bond donors (Lipinski definition) is 1. The molecule has 0 aromatic carbocycles. The van der Waals surface area contributed by atoms with E-state index in [1.54, 1.807) is 16.8 Å². The second-order valence-electron chi connectivity index (χ2n) is 5.40. The van der Waals surface area contributed by atoms with E-state index >= 15 is 0 Å². The van der Waals surface area contributed by atoms with Crippen molar-refractivity contribution < 1.29 is 0 Å². The van der Waals surface area contributed by atoms with E-state index in [0.717, 1.165) is 13.1 Å². The zero-order chi connectivity index (χ0) is 12.5. The van der Waals surface area contributed by atoms with Gasteiger partial charge in [0.25, 0.3) is 5.56 Å². The van der Waals surface area contributed by atoms with Gasteiger partial charge < -0.3 is 10.3 Å². The third-order valence-corrected chi connectivity index (χ3v) is 3.69. The summed E-state index contributed by atoms with van der Waals surface area (Å²) < 4.78 is 1.70. The van der Waals surface area contributed by atoms with Crippen molar-refractivity contribution in [1.29, 1.82) is 0 Å². The molecule has 94 valence electrons. The van der Waals surface area contributed by atoms with E-state index in [0.29, 0.717) is 12.2 Å². The summed E-state index contributed by atoms with van der Waals surface area (Å²) >= 11 is 0. The Labute approximate surface area is 102 Å². The summed E-state index contributed by atoms with van der Waals surface area (Å²) in [6, 6.07) is 3.18. The zero-order valence-electron chi connectivity index (χ0n) is 10.6. The molecule has 0 amide bonds. The van der Waals surface area contributed by atoms with Crippen LogP contribution in [0.4, 0.5) is 5.69 Å². The number of nitrogen functional groups attached to an aromatic ring is 1. The van der Waals surface area contributed by atoms with E-state index in [4.69, 9.17) is 5.73 Å². The highest BCUT2D eigenvalue weighted by Gasteiger charge is 2.31. The summed E-state index contributed by atoms with van der Waals surface area (Å²) in [5.74, 6) is 0. The molecule has 0 radical (unpaired) electrons. The van der Waals surface area contributed by atoms with Crippen molar-refractivity contribution in [3.8, 4) is 0 Å². The predicted octanol–water partition coefficient (Wildman–Crippen LogP) is 1.30. The van der Waals surface area contributed by atoms with Crippen LogP contribution in [0.15, 0.2) is 23.1 Å². The molecule has 0 spiro atoms. The van der Waals surface area contributed by atoms with Gasteiger partial charge in [0.15, 0.2) is 0 Å². The van der Waals surface area contributed by atoms with Gasteiger partial charge in [-0.15, -0.1) is 0 Å². The molecule has 2 rings (SSSR count). The van der Waals surface area contributed by atoms with Crippen molar-refractivity contribution in [3.05, 3.63) is 28.7 Å². The van der Waals surface area contributed by atoms with Crippen LogP contribution in [0.1, 0.15) is 26.7 Å². The Bertz CT molecular complexity index is 450. The molecule has 0 aliphatic carbocycles. The Morgan fingerprint density at radius 3 is 2.76 bits per heavy atom. The number of anilines is 1. The molecule has 0 unspecified atom stereocenters. The molecule has 1 aliphatic heterocycles. The van der Waals surface area contributed by atoms with Crippen molar-refractivity contribution in [1.82, 2.24) is 9.47 Å². The monoisotopic (exact) mass is 235 g/mol. The first-order valence-electron chi connectivity index (χ1n) is 6.20. The second-order valence-corrected chi connectivity index (χ2v) is 5.40. The Balaban J connectivity index is 2.03. The number of likely N-dealkylation sites (tertiary alicyclic amines) is 1. The van der Waals surface area contributed by atoms with Crippen molar-refractivity contribution in [3.63, 3.8) is 0 Å². The van der Waals surface area contributed by atoms with E-state index < -0.39 is 0 Å². The molecule has 0 saturated carbocycles. The van der Waals surface area contributed by atoms with Crippen molar-refractivity contribution >= 4 is 5.69 Å². The van der Waals surface area contributed by atoms with Crippen LogP contribution >= 0.6 is 0 Å². The topological polar surface area (TPSA) is 51.3 Å². The number of nitrogens with two attached hydrogens (primary N) is 1. The van der Waals surface area contributed by atoms with Gasteiger partial charge in [-0.1, -0.05) is 0 Å². The first-order chi connectivity index (χ1) is 7.99. The minimum absolute atomic E-state index is 0.0243. The van der Waals surface area contributed by atoms with E-state index in [1.807, 2.05) is 0 Å². The number of rotatable bonds is 3. The summed E-state index contributed by atoms with van der Waals surface area (Å²) in [6.07, 6.45) is 4.21. The maximum absolute atomic E-state index is 11.6. The Morgan fingerprint density at radius 1 is 1.35 bits per heavy atom. The third-order valence-electron chi connectivity index (χ3n) is 3.69. The third kappa shape index (κ3) is 2.69. The smallest absolute Gasteiger partial charge is 0.250 e. The van der Waals surface area contributed by atoms with Crippen LogP contribution in [-0.2, 0) is 6.54 Å². The lowest BCUT2D eigenvalue weighted by Gasteiger charge is -2.31. The van der Waals surface area contributed by atoms with Crippen LogP contribution in [0.25, 0.3) is 0 Å². The summed E-state index contributed by atoms with van der Waals surface area (Å²) in [5, 5.41) is 0. The highest BCUT2D eigenvalue weighted by molar-refractivity contribution is 5.33. The van der Waals surface area contributed by atoms with Gasteiger partial charge in [-0.05, 0) is 39.3 Å². The summed E-state index contributed by atoms with van der Waals surface area (Å²) in [6.45, 7) is 7.29. The first kappa shape index (κ1) is 12.2. The maximum atomic E-state index is 11.6. The molecule has 1 aliphatic rings. The summed E-state index contributed by atoms with van der Waals surface area (Å²) in [5.41, 5.74) is 6.63. The predicted molar refractivity (Wildman–Crippen MR) is 70.0 cm³/mol. The number of hydrogen-bond acceptors (Lipinski definition) is 3. The number of nitrogens with zero attached hydrogens (tertiary/aromatic N) is 2. The van der Waals surface area contributed by atoms with Crippen molar-refractivity contribution in [2.45, 2.75) is 38.8 Å². The standard InChI is InChI=1S/C13H21N3O/c1-13(2)6-3-7-16(13)9-8-15-10-11(14)4-5-12(15)17/h4-5,10H,3,6-9,14H2,1-2H3. The molecule has 1 aromatic heterocycles. The fourth-order valence-corrected chi connectivity index (χ4v) is 2.53. The molecular weight excluding hydrogens is 214 g/mol. The molecule has 1 aromatic rings. The molecule has 1 saturated heterocycles. The quantitative estimate of drug-likeness (QED) is 0.859. The van der Waals surface area contributed by atoms with Crippen LogP contribution in [-0.4, -0.2) is 28.1 Å². The molecule has 1 fully saturated rings. The van der Waals surface area contributed by atoms with E-state index in [1.165, 1.54) is 18.9 Å². The van der Waals surface area contributed by atoms with E-state index in [2.05, 4.69) is 18.7 Å². The average molecular weight is 235 g/mol. The van der Waals surface area contributed by atoms with Gasteiger partial charge in [0.1, 0.15) is 0 Å². The number of pyridine rings is 1. The molecule has 0 atom stereocenters. The Morgan fingerprint density at radius 2 is 2.12 bits per heavy atom. The molecule has 4 nitrogen and oxygen atoms in total. The van der Waals surface area contributed by atoms with Gasteiger partial charge in [-0.25, -0.2) is 0 Å². The molecule has 2 N–H and O–H groups in total. The lowest BCUT2D eigenvalue weighted by Crippen LogP contribution is -2.40. The summed E-state index contributed by atoms with van der Waals surface area (Å²) in [4.78, 5) is 14.1. The zero-order valence-corrected chi connectivity index (χ0v) is 10.6. The fraction of sp³-hybridized carbons (Fsp3) is 0.615. The maximum Gasteiger partial charge on any atom is 0.250 e. The van der Waals surface area contributed by atoms with Crippen molar-refractivity contribution in [2.75, 3.05) is 18.8 Å². The van der Waals surface area contributed by atoms with Crippen LogP contribution < -0.4 is 11.3 Å². The lowest BCUT2D eigenvalue weighted by molar-refractivity contribution is 0.168. The Kier molecular flexibility index (Phi) is 3.24. The van der Waals surface area contributed by atoms with Crippen LogP contribution in [0.5, 0.6) is 0 Å². The van der Waals surface area contributed by atoms with Gasteiger partial charge in [0.05, 0.1) is 0 Å². The normalized spacial score (nSPS) is 19.6. The van der Waals surface area contributed by atoms with Gasteiger partial charge in [-0.3, -0.25) is 9.69 Å². The van der Waals surface area contributed by atoms with E-state index in [9.17, 15) is 4.79 Å².